The molecule has 5 N–H and O–H groups in total. The number of hydrogen-bond donors (Lipinski definition) is 4. The van der Waals surface area contributed by atoms with Gasteiger partial charge >= 0.3 is 5.97 Å². The number of nitrogens with one attached hydrogen (secondary N) is 2. The van der Waals surface area contributed by atoms with E-state index in [1.165, 1.54) is 24.6 Å². The highest BCUT2D eigenvalue weighted by Crippen LogP contribution is 2.18. The Hall–Kier alpha value is -3.36. The third-order valence-electron chi connectivity index (χ3n) is 6.66. The van der Waals surface area contributed by atoms with Crippen LogP contribution in [-0.2, 0) is 45.3 Å². The fourth-order valence-corrected chi connectivity index (χ4v) is 4.75. The lowest BCUT2D eigenvalue weighted by atomic mass is 9.95. The summed E-state index contributed by atoms with van der Waals surface area (Å²) < 4.78 is 4.93. The Morgan fingerprint density at radius 3 is 1.98 bits per heavy atom. The molecule has 1 atom stereocenters. The van der Waals surface area contributed by atoms with Crippen molar-refractivity contribution in [2.24, 2.45) is 11.7 Å². The topological polar surface area (TPSA) is 175 Å². The van der Waals surface area contributed by atoms with Gasteiger partial charge in [0.05, 0.1) is 38.6 Å². The highest BCUT2D eigenvalue weighted by Gasteiger charge is 2.33. The average Bonchev–Trinajstić information content (AvgIpc) is 3.00. The van der Waals surface area contributed by atoms with Gasteiger partial charge in [-0.1, -0.05) is 60.7 Å². The molecule has 0 aliphatic carbocycles. The maximum atomic E-state index is 12.0. The molecule has 0 bridgehead atoms. The van der Waals surface area contributed by atoms with E-state index in [-0.39, 0.29) is 54.5 Å². The number of likely N-dealkylation sites (tertiary alicyclic amines) is 1. The summed E-state index contributed by atoms with van der Waals surface area (Å²) in [7, 11) is 1.18. The van der Waals surface area contributed by atoms with Crippen molar-refractivity contribution in [1.82, 2.24) is 19.8 Å². The lowest BCUT2D eigenvalue weighted by Crippen LogP contribution is -2.43. The van der Waals surface area contributed by atoms with Crippen molar-refractivity contribution in [3.05, 3.63) is 99.7 Å². The summed E-state index contributed by atoms with van der Waals surface area (Å²) in [5.41, 5.74) is 8.65. The van der Waals surface area contributed by atoms with E-state index in [4.69, 9.17) is 15.4 Å². The molecule has 46 heavy (non-hydrogen) atoms. The first-order valence-electron chi connectivity index (χ1n) is 14.0. The van der Waals surface area contributed by atoms with Crippen LogP contribution in [-0.4, -0.2) is 76.5 Å². The number of Topliss-reactive ketones (excluding diaryl/α,β-unsaturated/α-hetero) is 1. The molecule has 1 unspecified atom stereocenters. The molecule has 1 fully saturated rings. The number of aromatic nitrogens is 2. The minimum atomic E-state index is -0.563. The van der Waals surface area contributed by atoms with E-state index in [1.807, 2.05) is 36.4 Å². The van der Waals surface area contributed by atoms with Crippen LogP contribution in [0.4, 0.5) is 0 Å². The number of ether oxygens (including phenoxy) is 1. The number of carbonyl (C=O) groups excluding carboxylic acids is 2. The Morgan fingerprint density at radius 2 is 1.50 bits per heavy atom. The minimum absolute atomic E-state index is 0. The van der Waals surface area contributed by atoms with Gasteiger partial charge in [-0.3, -0.25) is 34.8 Å². The van der Waals surface area contributed by atoms with Gasteiger partial charge < -0.3 is 15.5 Å². The molecule has 0 amide bonds. The van der Waals surface area contributed by atoms with Crippen molar-refractivity contribution in [2.75, 3.05) is 33.4 Å². The van der Waals surface area contributed by atoms with Gasteiger partial charge in [-0.25, -0.2) is 9.87 Å². The number of H-pyrrole nitrogens is 1. The van der Waals surface area contributed by atoms with Crippen LogP contribution in [0.15, 0.2) is 71.8 Å². The van der Waals surface area contributed by atoms with E-state index in [2.05, 4.69) is 54.7 Å². The van der Waals surface area contributed by atoms with Gasteiger partial charge in [0.1, 0.15) is 5.92 Å². The van der Waals surface area contributed by atoms with E-state index < -0.39 is 5.92 Å². The number of carbonyl (C=O) groups is 2. The normalized spacial score (nSPS) is 15.0. The number of benzene rings is 2. The molecule has 2 aliphatic heterocycles. The van der Waals surface area contributed by atoms with E-state index in [0.29, 0.717) is 19.6 Å². The zero-order valence-electron chi connectivity index (χ0n) is 26.0. The van der Waals surface area contributed by atoms with Crippen LogP contribution in [0.1, 0.15) is 35.7 Å². The molecular formula is C31H45Cl3N6O6. The van der Waals surface area contributed by atoms with E-state index in [1.54, 1.807) is 6.92 Å². The number of fused-ring (bicyclic) bond motifs is 1. The summed E-state index contributed by atoms with van der Waals surface area (Å²) in [4.78, 5) is 49.8. The maximum absolute atomic E-state index is 12.0. The number of piperidine rings is 1. The highest BCUT2D eigenvalue weighted by molar-refractivity contribution is 6.00. The maximum Gasteiger partial charge on any atom is 0.316 e. The van der Waals surface area contributed by atoms with Crippen LogP contribution < -0.4 is 11.3 Å². The molecule has 5 rings (SSSR count). The molecule has 0 saturated carbocycles. The van der Waals surface area contributed by atoms with Gasteiger partial charge in [-0.05, 0) is 30.9 Å². The fraction of sp³-hybridized carbons (Fsp3) is 0.387. The molecule has 2 aromatic carbocycles. The van der Waals surface area contributed by atoms with Gasteiger partial charge in [-0.2, -0.15) is 0 Å². The number of hydrogen-bond acceptors (Lipinski definition) is 10. The lowest BCUT2D eigenvalue weighted by molar-refractivity contribution is -0.214. The van der Waals surface area contributed by atoms with E-state index in [0.717, 1.165) is 56.7 Å². The summed E-state index contributed by atoms with van der Waals surface area (Å²) >= 11 is 0. The third kappa shape index (κ3) is 15.8. The average molecular weight is 704 g/mol. The Kier molecular flexibility index (Phi) is 25.1. The van der Waals surface area contributed by atoms with Crippen LogP contribution >= 0.6 is 37.2 Å². The SMILES string of the molecule is CCOC(=O)C1CCN(Cc2ccccc2)CC1=O.COO.Cl.Cl.Cl.N=CN.O=c1[nH]cnc2c1CCN(Cc1ccccc1)C2. The second-order valence-corrected chi connectivity index (χ2v) is 9.71. The summed E-state index contributed by atoms with van der Waals surface area (Å²) in [6.45, 7) is 6.51. The second kappa shape index (κ2) is 25.8. The van der Waals surface area contributed by atoms with Crippen LogP contribution in [0.25, 0.3) is 0 Å². The largest absolute Gasteiger partial charge is 0.465 e. The second-order valence-electron chi connectivity index (χ2n) is 9.71. The van der Waals surface area contributed by atoms with Gasteiger partial charge in [0.2, 0.25) is 0 Å². The fourth-order valence-electron chi connectivity index (χ4n) is 4.75. The summed E-state index contributed by atoms with van der Waals surface area (Å²) in [5, 5.41) is 12.9. The first-order chi connectivity index (χ1) is 20.9. The third-order valence-corrected chi connectivity index (χ3v) is 6.66. The van der Waals surface area contributed by atoms with Gasteiger partial charge in [0.15, 0.2) is 5.78 Å². The zero-order chi connectivity index (χ0) is 31.5. The highest BCUT2D eigenvalue weighted by atomic mass is 35.5. The first-order valence-corrected chi connectivity index (χ1v) is 14.0. The standard InChI is InChI=1S/C15H19NO3.C14H15N3O.CH4N2.CH4O2.3ClH/c1-2-19-15(18)13-8-9-16(11-14(13)17)10-12-6-4-3-5-7-12;18-14-12-6-7-17(9-13(12)15-10-16-14)8-11-4-2-1-3-5-11;2-1-3;1-3-2;;;/h3-7,13H,2,8-11H2,1H3;1-5,10H,6-9H2,(H,15,16,18);1H,(H3,2,3);2H,1H3;3*1H. The molecule has 3 heterocycles. The predicted octanol–water partition coefficient (Wildman–Crippen LogP) is 3.89. The quantitative estimate of drug-likeness (QED) is 0.0736. The van der Waals surface area contributed by atoms with Crippen molar-refractivity contribution >= 4 is 55.3 Å². The molecule has 2 aliphatic rings. The number of ketones is 1. The Bertz CT molecular complexity index is 1320. The van der Waals surface area contributed by atoms with Gasteiger partial charge in [0.25, 0.3) is 5.56 Å². The number of aromatic amines is 1. The number of rotatable bonds is 6. The molecule has 1 saturated heterocycles. The molecular weight excluding hydrogens is 659 g/mol. The van der Waals surface area contributed by atoms with Crippen LogP contribution in [0.2, 0.25) is 0 Å². The lowest BCUT2D eigenvalue weighted by Gasteiger charge is -2.29. The predicted molar refractivity (Wildman–Crippen MR) is 185 cm³/mol. The summed E-state index contributed by atoms with van der Waals surface area (Å²) in [5.74, 6) is -0.959. The smallest absolute Gasteiger partial charge is 0.316 e. The first kappa shape index (κ1) is 44.8. The monoisotopic (exact) mass is 702 g/mol. The molecule has 15 heteroatoms. The minimum Gasteiger partial charge on any atom is -0.465 e. The Labute approximate surface area is 288 Å². The Balaban J connectivity index is 0. The molecule has 1 aromatic heterocycles. The zero-order valence-corrected chi connectivity index (χ0v) is 28.5. The number of esters is 1. The summed E-state index contributed by atoms with van der Waals surface area (Å²) in [6, 6.07) is 20.4. The number of halogens is 3. The summed E-state index contributed by atoms with van der Waals surface area (Å²) in [6.07, 6.45) is 3.59. The molecule has 3 aromatic rings. The van der Waals surface area contributed by atoms with E-state index >= 15 is 0 Å². The van der Waals surface area contributed by atoms with Crippen molar-refractivity contribution in [2.45, 2.75) is 39.4 Å². The van der Waals surface area contributed by atoms with Crippen LogP contribution in [0.5, 0.6) is 0 Å². The van der Waals surface area contributed by atoms with Gasteiger partial charge in [0, 0.05) is 38.3 Å². The number of nitrogens with zero attached hydrogens (tertiary/aromatic N) is 3. The molecule has 0 spiro atoms. The van der Waals surface area contributed by atoms with Crippen molar-refractivity contribution in [3.8, 4) is 0 Å². The van der Waals surface area contributed by atoms with Crippen molar-refractivity contribution in [3.63, 3.8) is 0 Å². The number of nitrogens with two attached hydrogens (primary N) is 1. The van der Waals surface area contributed by atoms with Crippen molar-refractivity contribution in [1.29, 1.82) is 5.41 Å². The van der Waals surface area contributed by atoms with Crippen LogP contribution in [0, 0.1) is 11.3 Å². The molecule has 12 nitrogen and oxygen atoms in total. The van der Waals surface area contributed by atoms with Crippen molar-refractivity contribution < 1.29 is 24.5 Å². The molecule has 256 valence electrons. The molecule has 0 radical (unpaired) electrons. The Morgan fingerprint density at radius 1 is 1.00 bits per heavy atom. The van der Waals surface area contributed by atoms with E-state index in [9.17, 15) is 14.4 Å². The van der Waals surface area contributed by atoms with Gasteiger partial charge in [-0.15, -0.1) is 37.2 Å². The van der Waals surface area contributed by atoms with Crippen LogP contribution in [0.3, 0.4) is 0 Å².